The van der Waals surface area contributed by atoms with Crippen molar-refractivity contribution >= 4 is 33.7 Å². The number of allylic oxidation sites excluding steroid dienone is 2. The van der Waals surface area contributed by atoms with Crippen LogP contribution >= 0.6 is 0 Å². The average Bonchev–Trinajstić information content (AvgIpc) is 2.47. The SMILES string of the molecule is C1=CC2C=Cc3cccc4cc5cccc1c5c2c34. The van der Waals surface area contributed by atoms with E-state index in [1.807, 2.05) is 0 Å². The summed E-state index contributed by atoms with van der Waals surface area (Å²) in [5.74, 6) is 0.441. The van der Waals surface area contributed by atoms with Gasteiger partial charge >= 0.3 is 0 Å². The van der Waals surface area contributed by atoms with Crippen molar-refractivity contribution in [3.63, 3.8) is 0 Å². The van der Waals surface area contributed by atoms with Crippen LogP contribution in [0.1, 0.15) is 22.6 Å². The van der Waals surface area contributed by atoms with E-state index in [1.54, 1.807) is 0 Å². The van der Waals surface area contributed by atoms with Crippen molar-refractivity contribution in [2.75, 3.05) is 0 Å². The molecule has 0 heterocycles. The second-order valence-electron chi connectivity index (χ2n) is 5.42. The third-order valence-electron chi connectivity index (χ3n) is 4.41. The minimum Gasteiger partial charge on any atom is -0.0726 e. The van der Waals surface area contributed by atoms with E-state index in [1.165, 1.54) is 38.2 Å². The molecule has 0 radical (unpaired) electrons. The summed E-state index contributed by atoms with van der Waals surface area (Å²) < 4.78 is 0. The summed E-state index contributed by atoms with van der Waals surface area (Å²) in [5.41, 5.74) is 4.22. The second kappa shape index (κ2) is 3.16. The molecule has 0 spiro atoms. The van der Waals surface area contributed by atoms with Gasteiger partial charge in [-0.1, -0.05) is 60.7 Å². The molecule has 2 aliphatic rings. The normalized spacial score (nSPS) is 15.8. The Hall–Kier alpha value is -2.34. The van der Waals surface area contributed by atoms with Crippen LogP contribution in [-0.4, -0.2) is 0 Å². The maximum absolute atomic E-state index is 2.33. The van der Waals surface area contributed by atoms with Crippen LogP contribution in [-0.2, 0) is 0 Å². The van der Waals surface area contributed by atoms with Crippen LogP contribution in [0.2, 0.25) is 0 Å². The number of hydrogen-bond donors (Lipinski definition) is 0. The van der Waals surface area contributed by atoms with Gasteiger partial charge < -0.3 is 0 Å². The van der Waals surface area contributed by atoms with E-state index >= 15 is 0 Å². The van der Waals surface area contributed by atoms with Gasteiger partial charge in [-0.2, -0.15) is 0 Å². The summed E-state index contributed by atoms with van der Waals surface area (Å²) in [6, 6.07) is 15.5. The summed E-state index contributed by atoms with van der Waals surface area (Å²) in [6.07, 6.45) is 9.18. The first-order valence-electron chi connectivity index (χ1n) is 6.76. The Morgan fingerprint density at radius 1 is 0.684 bits per heavy atom. The Balaban J connectivity index is 2.17. The highest BCUT2D eigenvalue weighted by Crippen LogP contribution is 2.44. The topological polar surface area (TPSA) is 0 Å². The first-order chi connectivity index (χ1) is 9.42. The first kappa shape index (κ1) is 9.57. The van der Waals surface area contributed by atoms with Crippen molar-refractivity contribution in [3.8, 4) is 0 Å². The Morgan fingerprint density at radius 2 is 1.26 bits per heavy atom. The van der Waals surface area contributed by atoms with E-state index < -0.39 is 0 Å². The number of benzene rings is 3. The highest BCUT2D eigenvalue weighted by Gasteiger charge is 2.22. The van der Waals surface area contributed by atoms with Gasteiger partial charge in [-0.15, -0.1) is 0 Å². The Bertz CT molecular complexity index is 838. The lowest BCUT2D eigenvalue weighted by Gasteiger charge is -2.25. The molecule has 19 heavy (non-hydrogen) atoms. The highest BCUT2D eigenvalue weighted by molar-refractivity contribution is 6.10. The van der Waals surface area contributed by atoms with E-state index in [2.05, 4.69) is 66.8 Å². The summed E-state index contributed by atoms with van der Waals surface area (Å²) in [5, 5.41) is 5.61. The third-order valence-corrected chi connectivity index (χ3v) is 4.41. The van der Waals surface area contributed by atoms with Crippen LogP contribution < -0.4 is 0 Å². The van der Waals surface area contributed by atoms with Gasteiger partial charge in [0.25, 0.3) is 0 Å². The molecular weight excluding hydrogens is 228 g/mol. The lowest BCUT2D eigenvalue weighted by atomic mass is 9.78. The van der Waals surface area contributed by atoms with E-state index in [-0.39, 0.29) is 0 Å². The van der Waals surface area contributed by atoms with Crippen molar-refractivity contribution in [3.05, 3.63) is 71.3 Å². The zero-order valence-electron chi connectivity index (χ0n) is 10.4. The molecule has 88 valence electrons. The third kappa shape index (κ3) is 1.09. The standard InChI is InChI=1S/C19H12/c1-3-12-7-9-14-10-8-13-4-2-6-16-11-15(5-1)17(12)19(14)18(13)16/h1-11,14H. The summed E-state index contributed by atoms with van der Waals surface area (Å²) in [6.45, 7) is 0. The lowest BCUT2D eigenvalue weighted by molar-refractivity contribution is 1.11. The molecule has 0 nitrogen and oxygen atoms in total. The van der Waals surface area contributed by atoms with Crippen molar-refractivity contribution in [2.45, 2.75) is 5.92 Å². The van der Waals surface area contributed by atoms with Crippen LogP contribution in [0.4, 0.5) is 0 Å². The Labute approximate surface area is 111 Å². The maximum Gasteiger partial charge on any atom is 0.0218 e. The van der Waals surface area contributed by atoms with Crippen LogP contribution in [0.3, 0.4) is 0 Å². The van der Waals surface area contributed by atoms with Crippen molar-refractivity contribution in [2.24, 2.45) is 0 Å². The lowest BCUT2D eigenvalue weighted by Crippen LogP contribution is -2.04. The minimum atomic E-state index is 0.441. The van der Waals surface area contributed by atoms with Crippen molar-refractivity contribution in [1.82, 2.24) is 0 Å². The van der Waals surface area contributed by atoms with Crippen LogP contribution in [0.15, 0.2) is 54.6 Å². The summed E-state index contributed by atoms with van der Waals surface area (Å²) in [7, 11) is 0. The Morgan fingerprint density at radius 3 is 1.84 bits per heavy atom. The fourth-order valence-corrected chi connectivity index (χ4v) is 3.62. The molecule has 0 atom stereocenters. The number of rotatable bonds is 0. The number of hydrogen-bond acceptors (Lipinski definition) is 0. The zero-order valence-corrected chi connectivity index (χ0v) is 10.4. The molecule has 0 aliphatic heterocycles. The molecular formula is C19H12. The molecule has 0 saturated heterocycles. The summed E-state index contributed by atoms with van der Waals surface area (Å²) in [4.78, 5) is 0. The predicted molar refractivity (Wildman–Crippen MR) is 82.3 cm³/mol. The molecule has 5 rings (SSSR count). The van der Waals surface area contributed by atoms with Crippen LogP contribution in [0.5, 0.6) is 0 Å². The highest BCUT2D eigenvalue weighted by atomic mass is 14.3. The molecule has 0 unspecified atom stereocenters. The second-order valence-corrected chi connectivity index (χ2v) is 5.42. The van der Waals surface area contributed by atoms with Gasteiger partial charge in [0, 0.05) is 5.92 Å². The molecule has 0 bridgehead atoms. The fraction of sp³-hybridized carbons (Fsp3) is 0.0526. The van der Waals surface area contributed by atoms with Gasteiger partial charge in [0.15, 0.2) is 0 Å². The quantitative estimate of drug-likeness (QED) is 0.478. The maximum atomic E-state index is 2.33. The van der Waals surface area contributed by atoms with Crippen LogP contribution in [0.25, 0.3) is 33.7 Å². The largest absolute Gasteiger partial charge is 0.0726 e. The molecule has 0 amide bonds. The smallest absolute Gasteiger partial charge is 0.0218 e. The van der Waals surface area contributed by atoms with Gasteiger partial charge in [0.05, 0.1) is 0 Å². The van der Waals surface area contributed by atoms with Gasteiger partial charge in [-0.05, 0) is 44.3 Å². The van der Waals surface area contributed by atoms with Crippen LogP contribution in [0, 0.1) is 0 Å². The predicted octanol–water partition coefficient (Wildman–Crippen LogP) is 5.13. The van der Waals surface area contributed by atoms with E-state index in [9.17, 15) is 0 Å². The van der Waals surface area contributed by atoms with E-state index in [0.29, 0.717) is 5.92 Å². The molecule has 0 heteroatoms. The molecule has 3 aromatic rings. The zero-order chi connectivity index (χ0) is 12.4. The van der Waals surface area contributed by atoms with Gasteiger partial charge in [0.2, 0.25) is 0 Å². The molecule has 0 fully saturated rings. The summed E-state index contributed by atoms with van der Waals surface area (Å²) >= 11 is 0. The molecule has 0 saturated carbocycles. The van der Waals surface area contributed by atoms with E-state index in [4.69, 9.17) is 0 Å². The molecule has 0 N–H and O–H groups in total. The van der Waals surface area contributed by atoms with Gasteiger partial charge in [-0.25, -0.2) is 0 Å². The monoisotopic (exact) mass is 240 g/mol. The first-order valence-corrected chi connectivity index (χ1v) is 6.76. The average molecular weight is 240 g/mol. The molecule has 3 aromatic carbocycles. The van der Waals surface area contributed by atoms with Crippen molar-refractivity contribution < 1.29 is 0 Å². The molecule has 2 aliphatic carbocycles. The van der Waals surface area contributed by atoms with E-state index in [0.717, 1.165) is 0 Å². The van der Waals surface area contributed by atoms with Gasteiger partial charge in [0.1, 0.15) is 0 Å². The Kier molecular flexibility index (Phi) is 1.59. The molecule has 0 aromatic heterocycles. The minimum absolute atomic E-state index is 0.441. The van der Waals surface area contributed by atoms with Crippen molar-refractivity contribution in [1.29, 1.82) is 0 Å². The van der Waals surface area contributed by atoms with Gasteiger partial charge in [-0.3, -0.25) is 0 Å². The fourth-order valence-electron chi connectivity index (χ4n) is 3.62.